The van der Waals surface area contributed by atoms with Gasteiger partial charge in [0.25, 0.3) is 0 Å². The molecule has 5 aromatic rings. The molecule has 1 atom stereocenters. The predicted octanol–water partition coefficient (Wildman–Crippen LogP) is 7.22. The molecule has 0 fully saturated rings. The number of carbonyl (C=O) groups is 3. The van der Waals surface area contributed by atoms with Crippen molar-refractivity contribution in [1.82, 2.24) is 4.90 Å². The van der Waals surface area contributed by atoms with Crippen molar-refractivity contribution in [1.29, 1.82) is 0 Å². The number of ketones is 1. The molecule has 48 heavy (non-hydrogen) atoms. The van der Waals surface area contributed by atoms with Crippen LogP contribution in [-0.4, -0.2) is 48.9 Å². The number of benzene rings is 4. The highest BCUT2D eigenvalue weighted by Gasteiger charge is 2.23. The van der Waals surface area contributed by atoms with E-state index in [0.717, 1.165) is 16.7 Å². The molecule has 5 rings (SSSR count). The van der Waals surface area contributed by atoms with Crippen molar-refractivity contribution in [3.05, 3.63) is 162 Å². The van der Waals surface area contributed by atoms with Crippen molar-refractivity contribution in [2.75, 3.05) is 25.6 Å². The molecule has 4 aromatic carbocycles. The Hall–Kier alpha value is -5.89. The number of anilines is 1. The van der Waals surface area contributed by atoms with Crippen LogP contribution < -0.4 is 10.1 Å². The van der Waals surface area contributed by atoms with E-state index in [0.29, 0.717) is 55.1 Å². The van der Waals surface area contributed by atoms with Crippen LogP contribution in [0.15, 0.2) is 138 Å². The molecule has 1 heterocycles. The molecule has 0 saturated heterocycles. The SMILES string of the molecule is COC(=O)[C@H](Cc1ccc(OCCCN(Cc2ccccc2)C(=O)C=Cc2ccoc2)cc1)Nc1ccccc1C(=O)c1ccccc1. The Morgan fingerprint density at radius 1 is 0.833 bits per heavy atom. The summed E-state index contributed by atoms with van der Waals surface area (Å²) >= 11 is 0. The van der Waals surface area contributed by atoms with Crippen LogP contribution in [-0.2, 0) is 27.3 Å². The van der Waals surface area contributed by atoms with Crippen LogP contribution in [0.5, 0.6) is 5.75 Å². The average molecular weight is 643 g/mol. The number of methoxy groups -OCH3 is 1. The van der Waals surface area contributed by atoms with E-state index < -0.39 is 12.0 Å². The first-order valence-electron chi connectivity index (χ1n) is 15.8. The number of esters is 1. The first-order chi connectivity index (χ1) is 23.5. The number of furan rings is 1. The highest BCUT2D eigenvalue weighted by atomic mass is 16.5. The quantitative estimate of drug-likeness (QED) is 0.0525. The zero-order valence-electron chi connectivity index (χ0n) is 26.8. The lowest BCUT2D eigenvalue weighted by Crippen LogP contribution is -2.33. The van der Waals surface area contributed by atoms with Crippen LogP contribution >= 0.6 is 0 Å². The molecule has 0 saturated carbocycles. The van der Waals surface area contributed by atoms with Crippen molar-refractivity contribution in [2.45, 2.75) is 25.4 Å². The molecule has 0 unspecified atom stereocenters. The van der Waals surface area contributed by atoms with Crippen LogP contribution in [0, 0.1) is 0 Å². The lowest BCUT2D eigenvalue weighted by Gasteiger charge is -2.21. The molecule has 244 valence electrons. The van der Waals surface area contributed by atoms with E-state index in [1.165, 1.54) is 7.11 Å². The number of nitrogens with zero attached hydrogens (tertiary/aromatic N) is 1. The second kappa shape index (κ2) is 17.1. The average Bonchev–Trinajstić information content (AvgIpc) is 3.66. The summed E-state index contributed by atoms with van der Waals surface area (Å²) < 4.78 is 16.2. The highest BCUT2D eigenvalue weighted by molar-refractivity contribution is 6.12. The van der Waals surface area contributed by atoms with E-state index in [2.05, 4.69) is 5.32 Å². The van der Waals surface area contributed by atoms with Gasteiger partial charge in [-0.2, -0.15) is 0 Å². The number of hydrogen-bond acceptors (Lipinski definition) is 7. The highest BCUT2D eigenvalue weighted by Crippen LogP contribution is 2.22. The molecule has 8 heteroatoms. The van der Waals surface area contributed by atoms with E-state index >= 15 is 0 Å². The summed E-state index contributed by atoms with van der Waals surface area (Å²) in [6.45, 7) is 1.43. The van der Waals surface area contributed by atoms with Gasteiger partial charge in [0.05, 0.1) is 26.2 Å². The molecule has 0 aliphatic heterocycles. The van der Waals surface area contributed by atoms with Gasteiger partial charge in [-0.25, -0.2) is 4.79 Å². The van der Waals surface area contributed by atoms with Gasteiger partial charge in [0, 0.05) is 48.0 Å². The molecule has 0 radical (unpaired) electrons. The topological polar surface area (TPSA) is 98.1 Å². The van der Waals surface area contributed by atoms with Crippen LogP contribution in [0.2, 0.25) is 0 Å². The summed E-state index contributed by atoms with van der Waals surface area (Å²) in [6, 6.07) is 34.6. The van der Waals surface area contributed by atoms with E-state index in [9.17, 15) is 14.4 Å². The second-order valence-electron chi connectivity index (χ2n) is 11.1. The summed E-state index contributed by atoms with van der Waals surface area (Å²) in [4.78, 5) is 40.9. The fraction of sp³-hybridized carbons (Fsp3) is 0.175. The Balaban J connectivity index is 1.17. The molecule has 0 spiro atoms. The minimum Gasteiger partial charge on any atom is -0.494 e. The summed E-state index contributed by atoms with van der Waals surface area (Å²) in [7, 11) is 1.35. The van der Waals surface area contributed by atoms with Crippen LogP contribution in [0.25, 0.3) is 6.08 Å². The van der Waals surface area contributed by atoms with Gasteiger partial charge in [0.1, 0.15) is 11.8 Å². The van der Waals surface area contributed by atoms with Gasteiger partial charge in [-0.15, -0.1) is 0 Å². The molecular weight excluding hydrogens is 604 g/mol. The summed E-state index contributed by atoms with van der Waals surface area (Å²) in [5.74, 6) is 0.0137. The number of hydrogen-bond donors (Lipinski definition) is 1. The summed E-state index contributed by atoms with van der Waals surface area (Å²) in [6.07, 6.45) is 7.43. The first kappa shape index (κ1) is 33.5. The fourth-order valence-electron chi connectivity index (χ4n) is 5.19. The lowest BCUT2D eigenvalue weighted by molar-refractivity contribution is -0.141. The van der Waals surface area contributed by atoms with Crippen LogP contribution in [0.4, 0.5) is 5.69 Å². The molecule has 1 N–H and O–H groups in total. The molecule has 0 aliphatic carbocycles. The van der Waals surface area contributed by atoms with E-state index in [1.807, 2.05) is 78.9 Å². The smallest absolute Gasteiger partial charge is 0.328 e. The minimum absolute atomic E-state index is 0.0924. The molecule has 1 amide bonds. The van der Waals surface area contributed by atoms with Gasteiger partial charge in [-0.05, 0) is 54.0 Å². The van der Waals surface area contributed by atoms with Gasteiger partial charge in [-0.1, -0.05) is 84.9 Å². The number of nitrogens with one attached hydrogen (secondary N) is 1. The normalized spacial score (nSPS) is 11.5. The van der Waals surface area contributed by atoms with Crippen molar-refractivity contribution < 1.29 is 28.3 Å². The molecule has 0 bridgehead atoms. The second-order valence-corrected chi connectivity index (χ2v) is 11.1. The van der Waals surface area contributed by atoms with Gasteiger partial charge in [0.15, 0.2) is 5.78 Å². The van der Waals surface area contributed by atoms with E-state index in [1.54, 1.807) is 66.0 Å². The van der Waals surface area contributed by atoms with Gasteiger partial charge >= 0.3 is 5.97 Å². The predicted molar refractivity (Wildman–Crippen MR) is 186 cm³/mol. The van der Waals surface area contributed by atoms with E-state index in [4.69, 9.17) is 13.9 Å². The minimum atomic E-state index is -0.720. The maximum Gasteiger partial charge on any atom is 0.328 e. The maximum absolute atomic E-state index is 13.2. The van der Waals surface area contributed by atoms with Crippen molar-refractivity contribution >= 4 is 29.4 Å². The molecule has 8 nitrogen and oxygen atoms in total. The fourth-order valence-corrected chi connectivity index (χ4v) is 5.19. The van der Waals surface area contributed by atoms with E-state index in [-0.39, 0.29) is 11.7 Å². The largest absolute Gasteiger partial charge is 0.494 e. The zero-order valence-corrected chi connectivity index (χ0v) is 26.8. The van der Waals surface area contributed by atoms with Crippen molar-refractivity contribution in [2.24, 2.45) is 0 Å². The third-order valence-electron chi connectivity index (χ3n) is 7.72. The lowest BCUT2D eigenvalue weighted by atomic mass is 10.00. The van der Waals surface area contributed by atoms with Crippen molar-refractivity contribution in [3.63, 3.8) is 0 Å². The van der Waals surface area contributed by atoms with Gasteiger partial charge < -0.3 is 24.1 Å². The van der Waals surface area contributed by atoms with Crippen molar-refractivity contribution in [3.8, 4) is 5.75 Å². The number of rotatable bonds is 16. The summed E-state index contributed by atoms with van der Waals surface area (Å²) in [5, 5.41) is 3.24. The molecular formula is C40H38N2O6. The summed E-state index contributed by atoms with van der Waals surface area (Å²) in [5.41, 5.74) is 4.35. The number of ether oxygens (including phenoxy) is 2. The Labute approximate surface area is 280 Å². The van der Waals surface area contributed by atoms with Crippen LogP contribution in [0.1, 0.15) is 39.0 Å². The first-order valence-corrected chi connectivity index (χ1v) is 15.8. The Kier molecular flexibility index (Phi) is 12.0. The zero-order chi connectivity index (χ0) is 33.6. The Morgan fingerprint density at radius 3 is 2.25 bits per heavy atom. The molecule has 0 aliphatic rings. The Morgan fingerprint density at radius 2 is 1.54 bits per heavy atom. The number of amides is 1. The maximum atomic E-state index is 13.2. The molecule has 1 aromatic heterocycles. The Bertz CT molecular complexity index is 1790. The standard InChI is InChI=1S/C40H38N2O6/c1-46-40(45)37(41-36-16-9-8-15-35(36)39(44)33-13-6-3-7-14-33)27-30-17-20-34(21-18-30)48-25-10-24-42(28-31-11-4-2-5-12-31)38(43)22-19-32-23-26-47-29-32/h2-9,11-23,26,29,37,41H,10,24-25,27-28H2,1H3/t37-/m0/s1. The number of carbonyl (C=O) groups excluding carboxylic acids is 3. The third-order valence-corrected chi connectivity index (χ3v) is 7.72. The van der Waals surface area contributed by atoms with Gasteiger partial charge in [-0.3, -0.25) is 9.59 Å². The van der Waals surface area contributed by atoms with Crippen LogP contribution in [0.3, 0.4) is 0 Å². The number of para-hydroxylation sites is 1. The van der Waals surface area contributed by atoms with Gasteiger partial charge in [0.2, 0.25) is 5.91 Å². The monoisotopic (exact) mass is 642 g/mol. The third kappa shape index (κ3) is 9.56.